The largest absolute Gasteiger partial charge is 0.399 e. The minimum Gasteiger partial charge on any atom is -0.399 e. The van der Waals surface area contributed by atoms with Gasteiger partial charge in [0.15, 0.2) is 5.92 Å². The summed E-state index contributed by atoms with van der Waals surface area (Å²) in [6.07, 6.45) is 1.05. The number of oxime groups is 1. The Morgan fingerprint density at radius 1 is 0.926 bits per heavy atom. The summed E-state index contributed by atoms with van der Waals surface area (Å²) in [5.74, 6) is -2.67. The second-order valence-corrected chi connectivity index (χ2v) is 6.83. The van der Waals surface area contributed by atoms with Crippen LogP contribution in [0.4, 0.5) is 11.4 Å². The van der Waals surface area contributed by atoms with Gasteiger partial charge in [0, 0.05) is 10.0 Å². The van der Waals surface area contributed by atoms with Crippen molar-refractivity contribution in [2.24, 2.45) is 11.1 Å². The molecule has 0 saturated carbocycles. The van der Waals surface area contributed by atoms with Crippen molar-refractivity contribution in [1.82, 2.24) is 0 Å². The van der Waals surface area contributed by atoms with E-state index in [1.165, 1.54) is 31.4 Å². The molecule has 0 aliphatic rings. The maximum absolute atomic E-state index is 12.6. The Morgan fingerprint density at radius 2 is 1.37 bits per heavy atom. The maximum Gasteiger partial charge on any atom is 0.242 e. The molecule has 0 aliphatic carbocycles. The van der Waals surface area contributed by atoms with Crippen molar-refractivity contribution in [3.05, 3.63) is 56.5 Å². The normalized spacial score (nSPS) is 10.9. The number of nitrogens with zero attached hydrogens (tertiary/aromatic N) is 1. The molecule has 0 heterocycles. The quantitative estimate of drug-likeness (QED) is 0.365. The third-order valence-corrected chi connectivity index (χ3v) is 4.35. The molecule has 2 rings (SSSR count). The van der Waals surface area contributed by atoms with Gasteiger partial charge in [-0.2, -0.15) is 0 Å². The third kappa shape index (κ3) is 6.01. The van der Waals surface area contributed by atoms with E-state index in [1.807, 2.05) is 0 Å². The average Bonchev–Trinajstić information content (AvgIpc) is 2.60. The summed E-state index contributed by atoms with van der Waals surface area (Å²) in [5, 5.41) is 9.87. The van der Waals surface area contributed by atoms with E-state index in [0.29, 0.717) is 21.4 Å². The third-order valence-electron chi connectivity index (χ3n) is 3.26. The van der Waals surface area contributed by atoms with E-state index in [9.17, 15) is 9.59 Å². The highest BCUT2D eigenvalue weighted by atomic mass is 35.5. The fourth-order valence-corrected chi connectivity index (χ4v) is 2.89. The van der Waals surface area contributed by atoms with Gasteiger partial charge in [-0.1, -0.05) is 51.6 Å². The zero-order chi connectivity index (χ0) is 20.0. The van der Waals surface area contributed by atoms with Crippen LogP contribution in [0.3, 0.4) is 0 Å². The molecule has 6 nitrogen and oxygen atoms in total. The number of hydrogen-bond donors (Lipinski definition) is 2. The molecule has 2 N–H and O–H groups in total. The van der Waals surface area contributed by atoms with Crippen molar-refractivity contribution in [1.29, 1.82) is 0 Å². The Hall–Kier alpha value is -1.99. The number of rotatable bonds is 6. The molecule has 0 spiro atoms. The Morgan fingerprint density at radius 3 is 1.74 bits per heavy atom. The van der Waals surface area contributed by atoms with Gasteiger partial charge in [-0.25, -0.2) is 0 Å². The van der Waals surface area contributed by atoms with E-state index >= 15 is 0 Å². The van der Waals surface area contributed by atoms with Crippen LogP contribution in [0.25, 0.3) is 0 Å². The summed E-state index contributed by atoms with van der Waals surface area (Å²) in [5.41, 5.74) is 0.582. The molecule has 0 bridgehead atoms. The molecule has 0 radical (unpaired) electrons. The van der Waals surface area contributed by atoms with Gasteiger partial charge in [-0.3, -0.25) is 9.59 Å². The molecule has 0 atom stereocenters. The van der Waals surface area contributed by atoms with Crippen LogP contribution >= 0.6 is 46.4 Å². The van der Waals surface area contributed by atoms with E-state index < -0.39 is 17.7 Å². The number of amides is 2. The highest BCUT2D eigenvalue weighted by Gasteiger charge is 2.26. The van der Waals surface area contributed by atoms with Gasteiger partial charge >= 0.3 is 0 Å². The minimum atomic E-state index is -1.32. The Balaban J connectivity index is 2.21. The van der Waals surface area contributed by atoms with Crippen LogP contribution in [0.1, 0.15) is 0 Å². The number of benzene rings is 2. The van der Waals surface area contributed by atoms with Crippen LogP contribution in [-0.2, 0) is 14.4 Å². The Bertz CT molecular complexity index is 824. The van der Waals surface area contributed by atoms with Gasteiger partial charge in [-0.05, 0) is 36.4 Å². The second-order valence-electron chi connectivity index (χ2n) is 5.14. The number of carbonyl (C=O) groups excluding carboxylic acids is 2. The molecule has 2 aromatic carbocycles. The molecule has 10 heteroatoms. The summed E-state index contributed by atoms with van der Waals surface area (Å²) in [7, 11) is 1.29. The fraction of sp³-hybridized carbons (Fsp3) is 0.118. The van der Waals surface area contributed by atoms with Crippen molar-refractivity contribution in [2.45, 2.75) is 0 Å². The molecule has 27 heavy (non-hydrogen) atoms. The maximum atomic E-state index is 12.6. The molecular weight excluding hydrogens is 436 g/mol. The lowest BCUT2D eigenvalue weighted by molar-refractivity contribution is -0.126. The molecule has 0 unspecified atom stereocenters. The zero-order valence-electron chi connectivity index (χ0n) is 13.8. The van der Waals surface area contributed by atoms with Gasteiger partial charge in [0.05, 0.1) is 27.6 Å². The molecule has 0 aromatic heterocycles. The standard InChI is InChI=1S/C17H13Cl4N3O3/c1-27-22-8-11(16(25)23-14-4-2-9(18)6-12(14)20)17(26)24-15-5-3-10(19)7-13(15)21/h2-8,11H,1H3,(H,23,25)(H,24,26)/b22-8-. The van der Waals surface area contributed by atoms with Crippen molar-refractivity contribution in [2.75, 3.05) is 17.7 Å². The number of carbonyl (C=O) groups is 2. The van der Waals surface area contributed by atoms with E-state index in [-0.39, 0.29) is 10.0 Å². The fourth-order valence-electron chi connectivity index (χ4n) is 1.98. The predicted molar refractivity (Wildman–Crippen MR) is 109 cm³/mol. The lowest BCUT2D eigenvalue weighted by atomic mass is 10.1. The first-order valence-corrected chi connectivity index (χ1v) is 8.91. The molecule has 142 valence electrons. The van der Waals surface area contributed by atoms with Crippen LogP contribution in [0.5, 0.6) is 0 Å². The predicted octanol–water partition coefficient (Wildman–Crippen LogP) is 5.13. The van der Waals surface area contributed by atoms with Crippen LogP contribution in [0.15, 0.2) is 41.6 Å². The van der Waals surface area contributed by atoms with Gasteiger partial charge in [0.1, 0.15) is 7.11 Å². The lowest BCUT2D eigenvalue weighted by Crippen LogP contribution is -2.35. The molecule has 0 saturated heterocycles. The average molecular weight is 449 g/mol. The van der Waals surface area contributed by atoms with Gasteiger partial charge in [0.2, 0.25) is 11.8 Å². The second kappa shape index (κ2) is 9.80. The van der Waals surface area contributed by atoms with Crippen LogP contribution in [-0.4, -0.2) is 25.1 Å². The van der Waals surface area contributed by atoms with E-state index in [1.54, 1.807) is 12.1 Å². The van der Waals surface area contributed by atoms with Crippen molar-refractivity contribution in [3.8, 4) is 0 Å². The van der Waals surface area contributed by atoms with Gasteiger partial charge in [0.25, 0.3) is 0 Å². The van der Waals surface area contributed by atoms with Crippen LogP contribution < -0.4 is 10.6 Å². The number of anilines is 2. The van der Waals surface area contributed by atoms with E-state index in [0.717, 1.165) is 6.21 Å². The Labute approximate surface area is 175 Å². The van der Waals surface area contributed by atoms with Gasteiger partial charge < -0.3 is 15.5 Å². The Kier molecular flexibility index (Phi) is 7.74. The summed E-state index contributed by atoms with van der Waals surface area (Å²) in [6.45, 7) is 0. The van der Waals surface area contributed by atoms with Crippen molar-refractivity contribution in [3.63, 3.8) is 0 Å². The first kappa shape index (κ1) is 21.3. The molecule has 0 aliphatic heterocycles. The first-order valence-electron chi connectivity index (χ1n) is 7.40. The first-order chi connectivity index (χ1) is 12.8. The van der Waals surface area contributed by atoms with E-state index in [2.05, 4.69) is 20.6 Å². The van der Waals surface area contributed by atoms with Crippen LogP contribution in [0.2, 0.25) is 20.1 Å². The molecule has 0 fully saturated rings. The highest BCUT2D eigenvalue weighted by molar-refractivity contribution is 6.38. The molecule has 2 aromatic rings. The van der Waals surface area contributed by atoms with Crippen molar-refractivity contribution < 1.29 is 14.4 Å². The highest BCUT2D eigenvalue weighted by Crippen LogP contribution is 2.27. The van der Waals surface area contributed by atoms with Crippen molar-refractivity contribution >= 4 is 75.8 Å². The minimum absolute atomic E-state index is 0.222. The summed E-state index contributed by atoms with van der Waals surface area (Å²) in [4.78, 5) is 29.7. The number of nitrogens with one attached hydrogen (secondary N) is 2. The van der Waals surface area contributed by atoms with Crippen LogP contribution in [0, 0.1) is 5.92 Å². The number of hydrogen-bond acceptors (Lipinski definition) is 4. The SMILES string of the molecule is CO/N=C\C(C(=O)Nc1ccc(Cl)cc1Cl)C(=O)Nc1ccc(Cl)cc1Cl. The van der Waals surface area contributed by atoms with Gasteiger partial charge in [-0.15, -0.1) is 0 Å². The number of halogens is 4. The summed E-state index contributed by atoms with van der Waals surface area (Å²) in [6, 6.07) is 9.06. The molecular formula is C17H13Cl4N3O3. The monoisotopic (exact) mass is 447 g/mol. The smallest absolute Gasteiger partial charge is 0.242 e. The van der Waals surface area contributed by atoms with E-state index in [4.69, 9.17) is 46.4 Å². The summed E-state index contributed by atoms with van der Waals surface area (Å²) >= 11 is 23.7. The topological polar surface area (TPSA) is 79.8 Å². The zero-order valence-corrected chi connectivity index (χ0v) is 16.8. The lowest BCUT2D eigenvalue weighted by Gasteiger charge is -2.14. The summed E-state index contributed by atoms with van der Waals surface area (Å²) < 4.78 is 0. The molecule has 2 amide bonds.